The van der Waals surface area contributed by atoms with E-state index in [1.54, 1.807) is 25.1 Å². The van der Waals surface area contributed by atoms with Crippen LogP contribution in [0.2, 0.25) is 0 Å². The van der Waals surface area contributed by atoms with Gasteiger partial charge in [-0.05, 0) is 30.5 Å². The van der Waals surface area contributed by atoms with Crippen LogP contribution in [0, 0.1) is 0 Å². The standard InChI is InChI=1S/C32H33N5O12S/c1-2-32(46)18-6-22-27-15(9-37(22)29(42)16(18)10-47-31(32)45)17(14-5-23-24(49-13-48-23)7-20(14)36-27)11-50-12-21(28(41)34-8-26(39)40)35-25(38)4-3-19(33)30(43)44/h5-7,19,21,46H,2-4,8-13,33H2,1H3,(H,34,41)(H,35,38)(H,39,40)(H,43,44)/t19?,21?,32-/m0/s1. The van der Waals surface area contributed by atoms with Gasteiger partial charge in [0.25, 0.3) is 5.56 Å². The molecule has 0 aliphatic carbocycles. The summed E-state index contributed by atoms with van der Waals surface area (Å²) in [4.78, 5) is 79.1. The number of aliphatic carboxylic acids is 2. The van der Waals surface area contributed by atoms with Crippen molar-refractivity contribution in [2.45, 2.75) is 62.8 Å². The number of hydrogen-bond donors (Lipinski definition) is 6. The zero-order chi connectivity index (χ0) is 35.9. The number of carbonyl (C=O) groups excluding carboxylic acids is 3. The molecule has 0 fully saturated rings. The Labute approximate surface area is 287 Å². The number of aromatic nitrogens is 2. The maximum absolute atomic E-state index is 13.8. The number of carbonyl (C=O) groups is 5. The summed E-state index contributed by atoms with van der Waals surface area (Å²) in [5.74, 6) is -3.65. The van der Waals surface area contributed by atoms with Gasteiger partial charge in [-0.3, -0.25) is 24.0 Å². The van der Waals surface area contributed by atoms with Crippen molar-refractivity contribution >= 4 is 52.4 Å². The molecular weight excluding hydrogens is 678 g/mol. The molecule has 17 nitrogen and oxygen atoms in total. The average Bonchev–Trinajstić information content (AvgIpc) is 3.70. The van der Waals surface area contributed by atoms with Gasteiger partial charge in [0.1, 0.15) is 25.2 Å². The number of carboxylic acids is 2. The molecule has 3 aliphatic rings. The van der Waals surface area contributed by atoms with E-state index in [0.717, 1.165) is 5.56 Å². The number of hydrogen-bond acceptors (Lipinski definition) is 13. The number of fused-ring (bicyclic) bond motifs is 6. The first-order valence-corrected chi connectivity index (χ1v) is 16.7. The predicted octanol–water partition coefficient (Wildman–Crippen LogP) is -0.0808. The van der Waals surface area contributed by atoms with E-state index in [2.05, 4.69) is 10.6 Å². The first kappa shape index (κ1) is 34.7. The summed E-state index contributed by atoms with van der Waals surface area (Å²) in [7, 11) is 0. The molecule has 18 heteroatoms. The zero-order valence-corrected chi connectivity index (χ0v) is 27.5. The van der Waals surface area contributed by atoms with Gasteiger partial charge in [0.2, 0.25) is 18.6 Å². The van der Waals surface area contributed by atoms with E-state index in [1.165, 1.54) is 16.3 Å². The zero-order valence-electron chi connectivity index (χ0n) is 26.6. The molecule has 3 aliphatic heterocycles. The van der Waals surface area contributed by atoms with Crippen molar-refractivity contribution in [2.75, 3.05) is 19.1 Å². The molecule has 5 heterocycles. The molecule has 3 atom stereocenters. The van der Waals surface area contributed by atoms with Gasteiger partial charge in [0.15, 0.2) is 17.1 Å². The van der Waals surface area contributed by atoms with E-state index >= 15 is 0 Å². The van der Waals surface area contributed by atoms with E-state index in [1.807, 2.05) is 0 Å². The third kappa shape index (κ3) is 6.32. The number of cyclic esters (lactones) is 1. The minimum Gasteiger partial charge on any atom is -0.480 e. The third-order valence-corrected chi connectivity index (χ3v) is 9.96. The number of esters is 1. The molecule has 50 heavy (non-hydrogen) atoms. The number of rotatable bonds is 13. The van der Waals surface area contributed by atoms with Crippen LogP contribution in [0.25, 0.3) is 22.3 Å². The molecular formula is C32H33N5O12S. The van der Waals surface area contributed by atoms with Crippen molar-refractivity contribution in [3.63, 3.8) is 0 Å². The molecule has 3 aromatic rings. The first-order valence-electron chi connectivity index (χ1n) is 15.6. The Morgan fingerprint density at radius 1 is 1.10 bits per heavy atom. The lowest BCUT2D eigenvalue weighted by molar-refractivity contribution is -0.172. The van der Waals surface area contributed by atoms with Crippen LogP contribution in [-0.4, -0.2) is 85.8 Å². The van der Waals surface area contributed by atoms with Gasteiger partial charge in [0.05, 0.1) is 29.0 Å². The van der Waals surface area contributed by atoms with Crippen LogP contribution >= 0.6 is 11.8 Å². The lowest BCUT2D eigenvalue weighted by Gasteiger charge is -2.31. The van der Waals surface area contributed by atoms with Crippen LogP contribution in [0.4, 0.5) is 0 Å². The molecule has 0 saturated carbocycles. The number of nitrogens with zero attached hydrogens (tertiary/aromatic N) is 2. The Kier molecular flexibility index (Phi) is 9.43. The summed E-state index contributed by atoms with van der Waals surface area (Å²) in [6.07, 6.45) is -0.477. The fraction of sp³-hybridized carbons (Fsp3) is 0.406. The second-order valence-electron chi connectivity index (χ2n) is 12.0. The molecule has 0 bridgehead atoms. The molecule has 2 unspecified atom stereocenters. The van der Waals surface area contributed by atoms with Crippen molar-refractivity contribution in [1.29, 1.82) is 0 Å². The molecule has 264 valence electrons. The highest BCUT2D eigenvalue weighted by Gasteiger charge is 2.45. The summed E-state index contributed by atoms with van der Waals surface area (Å²) in [5, 5.41) is 34.8. The van der Waals surface area contributed by atoms with E-state index in [-0.39, 0.29) is 61.8 Å². The van der Waals surface area contributed by atoms with Crippen LogP contribution in [-0.2, 0) is 53.2 Å². The molecule has 7 N–H and O–H groups in total. The molecule has 6 rings (SSSR count). The van der Waals surface area contributed by atoms with E-state index in [9.17, 15) is 33.9 Å². The number of carboxylic acid groups (broad SMARTS) is 2. The fourth-order valence-electron chi connectivity index (χ4n) is 6.14. The van der Waals surface area contributed by atoms with Crippen LogP contribution < -0.4 is 31.4 Å². The number of ether oxygens (including phenoxy) is 3. The molecule has 0 radical (unpaired) electrons. The predicted molar refractivity (Wildman–Crippen MR) is 174 cm³/mol. The first-order chi connectivity index (χ1) is 23.8. The number of thioether (sulfide) groups is 1. The molecule has 2 amide bonds. The number of nitrogens with one attached hydrogen (secondary N) is 2. The summed E-state index contributed by atoms with van der Waals surface area (Å²) in [5.41, 5.74) is 6.15. The highest BCUT2D eigenvalue weighted by molar-refractivity contribution is 7.98. The molecule has 1 aromatic carbocycles. The normalized spacial score (nSPS) is 18.0. The number of benzene rings is 1. The van der Waals surface area contributed by atoms with E-state index in [0.29, 0.717) is 39.4 Å². The number of aliphatic hydroxyl groups is 1. The Balaban J connectivity index is 1.34. The number of nitrogens with two attached hydrogens (primary N) is 1. The summed E-state index contributed by atoms with van der Waals surface area (Å²) >= 11 is 1.24. The van der Waals surface area contributed by atoms with Crippen LogP contribution in [0.15, 0.2) is 23.0 Å². The van der Waals surface area contributed by atoms with Gasteiger partial charge >= 0.3 is 17.9 Å². The molecule has 2 aromatic heterocycles. The minimum atomic E-state index is -2.01. The van der Waals surface area contributed by atoms with Gasteiger partial charge < -0.3 is 50.5 Å². The SMILES string of the molecule is CC[C@@]1(O)C(=O)OCc2c1cc1n(c2=O)Cc2c-1nc1cc3c(cc1c2CSCC(NC(=O)CCC(N)C(=O)O)C(=O)NCC(=O)O)OCO3. The molecule has 0 spiro atoms. The third-order valence-electron chi connectivity index (χ3n) is 8.90. The summed E-state index contributed by atoms with van der Waals surface area (Å²) in [6.45, 7) is 0.754. The Morgan fingerprint density at radius 3 is 2.54 bits per heavy atom. The van der Waals surface area contributed by atoms with Gasteiger partial charge in [-0.25, -0.2) is 9.78 Å². The Bertz CT molecular complexity index is 2020. The van der Waals surface area contributed by atoms with Gasteiger partial charge in [-0.2, -0.15) is 11.8 Å². The quantitative estimate of drug-likeness (QED) is 0.0992. The van der Waals surface area contributed by atoms with Gasteiger partial charge in [-0.15, -0.1) is 0 Å². The highest BCUT2D eigenvalue weighted by Crippen LogP contribution is 2.44. The van der Waals surface area contributed by atoms with E-state index < -0.39 is 59.5 Å². The minimum absolute atomic E-state index is 0.00964. The highest BCUT2D eigenvalue weighted by atomic mass is 32.2. The van der Waals surface area contributed by atoms with Gasteiger partial charge in [-0.1, -0.05) is 6.92 Å². The topological polar surface area (TPSA) is 259 Å². The van der Waals surface area contributed by atoms with Crippen LogP contribution in [0.1, 0.15) is 48.4 Å². The van der Waals surface area contributed by atoms with Crippen molar-refractivity contribution in [2.24, 2.45) is 5.73 Å². The maximum Gasteiger partial charge on any atom is 0.343 e. The average molecular weight is 712 g/mol. The van der Waals surface area contributed by atoms with Crippen LogP contribution in [0.5, 0.6) is 11.5 Å². The van der Waals surface area contributed by atoms with Crippen molar-refractivity contribution in [3.05, 3.63) is 50.8 Å². The maximum atomic E-state index is 13.8. The lowest BCUT2D eigenvalue weighted by atomic mass is 9.86. The van der Waals surface area contributed by atoms with Gasteiger partial charge in [0, 0.05) is 40.5 Å². The van der Waals surface area contributed by atoms with Crippen molar-refractivity contribution in [3.8, 4) is 22.9 Å². The smallest absolute Gasteiger partial charge is 0.343 e. The largest absolute Gasteiger partial charge is 0.480 e. The second kappa shape index (κ2) is 13.6. The van der Waals surface area contributed by atoms with E-state index in [4.69, 9.17) is 35.1 Å². The monoisotopic (exact) mass is 711 g/mol. The van der Waals surface area contributed by atoms with Crippen molar-refractivity contribution in [1.82, 2.24) is 20.2 Å². The van der Waals surface area contributed by atoms with Crippen LogP contribution in [0.3, 0.4) is 0 Å². The fourth-order valence-corrected chi connectivity index (χ4v) is 7.26. The lowest BCUT2D eigenvalue weighted by Crippen LogP contribution is -2.49. The Hall–Kier alpha value is -5.20. The second-order valence-corrected chi connectivity index (χ2v) is 13.0. The summed E-state index contributed by atoms with van der Waals surface area (Å²) in [6, 6.07) is 2.60. The Morgan fingerprint density at radius 2 is 1.84 bits per heavy atom. The number of pyridine rings is 2. The summed E-state index contributed by atoms with van der Waals surface area (Å²) < 4.78 is 17.9. The molecule has 0 saturated heterocycles. The van der Waals surface area contributed by atoms with Crippen molar-refractivity contribution < 1.29 is 53.5 Å². The number of amides is 2.